The molecule has 8 heteroatoms. The summed E-state index contributed by atoms with van der Waals surface area (Å²) >= 11 is 0. The summed E-state index contributed by atoms with van der Waals surface area (Å²) in [5.41, 5.74) is 2.33. The van der Waals surface area contributed by atoms with E-state index in [2.05, 4.69) is 25.5 Å². The summed E-state index contributed by atoms with van der Waals surface area (Å²) in [5.74, 6) is 0.751. The molecule has 0 aliphatic heterocycles. The largest absolute Gasteiger partial charge is 0.352 e. The van der Waals surface area contributed by atoms with Crippen LogP contribution in [-0.4, -0.2) is 37.4 Å². The highest BCUT2D eigenvalue weighted by atomic mass is 16.5. The summed E-state index contributed by atoms with van der Waals surface area (Å²) in [6.45, 7) is 4.18. The number of pyridine rings is 1. The molecule has 0 spiro atoms. The van der Waals surface area contributed by atoms with Crippen LogP contribution in [0.3, 0.4) is 0 Å². The Hall–Kier alpha value is -2.77. The molecule has 3 heterocycles. The molecule has 0 fully saturated rings. The maximum absolute atomic E-state index is 12.4. The molecule has 8 nitrogen and oxygen atoms in total. The summed E-state index contributed by atoms with van der Waals surface area (Å²) in [6, 6.07) is 1.75. The summed E-state index contributed by atoms with van der Waals surface area (Å²) in [5, 5.41) is 11.5. The van der Waals surface area contributed by atoms with E-state index < -0.39 is 0 Å². The van der Waals surface area contributed by atoms with Crippen molar-refractivity contribution in [2.24, 2.45) is 7.05 Å². The van der Waals surface area contributed by atoms with E-state index in [1.807, 2.05) is 14.0 Å². The van der Waals surface area contributed by atoms with Gasteiger partial charge in [0.25, 0.3) is 11.6 Å². The predicted octanol–water partition coefficient (Wildman–Crippen LogP) is 1.33. The van der Waals surface area contributed by atoms with E-state index in [1.54, 1.807) is 17.7 Å². The second-order valence-corrected chi connectivity index (χ2v) is 5.42. The fourth-order valence-corrected chi connectivity index (χ4v) is 2.49. The Bertz CT molecular complexity index is 851. The Labute approximate surface area is 132 Å². The van der Waals surface area contributed by atoms with Crippen LogP contribution in [0.4, 0.5) is 0 Å². The first kappa shape index (κ1) is 15.1. The minimum atomic E-state index is -0.148. The number of carbonyl (C=O) groups is 1. The summed E-state index contributed by atoms with van der Waals surface area (Å²) in [4.78, 5) is 20.9. The Morgan fingerprint density at radius 2 is 2.22 bits per heavy atom. The van der Waals surface area contributed by atoms with Crippen molar-refractivity contribution in [3.8, 4) is 0 Å². The van der Waals surface area contributed by atoms with E-state index in [1.165, 1.54) is 6.33 Å². The highest BCUT2D eigenvalue weighted by molar-refractivity contribution is 6.05. The van der Waals surface area contributed by atoms with Gasteiger partial charge in [-0.25, -0.2) is 9.97 Å². The maximum Gasteiger partial charge on any atom is 0.258 e. The number of aryl methyl sites for hydroxylation is 4. The van der Waals surface area contributed by atoms with Crippen LogP contribution < -0.4 is 5.32 Å². The lowest BCUT2D eigenvalue weighted by atomic mass is 10.1. The molecule has 3 aromatic rings. The highest BCUT2D eigenvalue weighted by Gasteiger charge is 2.17. The monoisotopic (exact) mass is 314 g/mol. The van der Waals surface area contributed by atoms with Gasteiger partial charge in [-0.05, 0) is 26.3 Å². The van der Waals surface area contributed by atoms with Crippen LogP contribution in [0, 0.1) is 13.8 Å². The van der Waals surface area contributed by atoms with Gasteiger partial charge >= 0.3 is 0 Å². The number of hydrogen-bond acceptors (Lipinski definition) is 6. The van der Waals surface area contributed by atoms with Crippen molar-refractivity contribution in [3.63, 3.8) is 0 Å². The SMILES string of the molecule is Cc1cc(C(=O)NCCCc2ncnn2C)c2c(C)noc2n1. The van der Waals surface area contributed by atoms with Crippen LogP contribution >= 0.6 is 0 Å². The number of aromatic nitrogens is 5. The molecule has 0 atom stereocenters. The summed E-state index contributed by atoms with van der Waals surface area (Å²) in [7, 11) is 1.85. The third kappa shape index (κ3) is 3.05. The molecule has 3 rings (SSSR count). The number of rotatable bonds is 5. The Kier molecular flexibility index (Phi) is 4.05. The van der Waals surface area contributed by atoms with Gasteiger partial charge in [0.1, 0.15) is 12.2 Å². The number of nitrogens with one attached hydrogen (secondary N) is 1. The lowest BCUT2D eigenvalue weighted by Gasteiger charge is -2.07. The van der Waals surface area contributed by atoms with Gasteiger partial charge in [0.15, 0.2) is 0 Å². The number of carbonyl (C=O) groups excluding carboxylic acids is 1. The predicted molar refractivity (Wildman–Crippen MR) is 82.9 cm³/mol. The molecule has 0 saturated carbocycles. The van der Waals surface area contributed by atoms with E-state index in [4.69, 9.17) is 4.52 Å². The van der Waals surface area contributed by atoms with E-state index in [9.17, 15) is 4.79 Å². The fourth-order valence-electron chi connectivity index (χ4n) is 2.49. The van der Waals surface area contributed by atoms with Crippen LogP contribution in [0.5, 0.6) is 0 Å². The molecule has 1 N–H and O–H groups in total. The Balaban J connectivity index is 1.67. The molecular weight excluding hydrogens is 296 g/mol. The van der Waals surface area contributed by atoms with Crippen molar-refractivity contribution in [3.05, 3.63) is 35.2 Å². The van der Waals surface area contributed by atoms with Gasteiger partial charge in [-0.3, -0.25) is 9.48 Å². The van der Waals surface area contributed by atoms with E-state index >= 15 is 0 Å². The zero-order valence-electron chi connectivity index (χ0n) is 13.3. The van der Waals surface area contributed by atoms with E-state index in [-0.39, 0.29) is 5.91 Å². The first-order valence-corrected chi connectivity index (χ1v) is 7.41. The Morgan fingerprint density at radius 3 is 2.96 bits per heavy atom. The van der Waals surface area contributed by atoms with Crippen molar-refractivity contribution >= 4 is 17.0 Å². The molecule has 0 radical (unpaired) electrons. The van der Waals surface area contributed by atoms with Crippen molar-refractivity contribution in [2.45, 2.75) is 26.7 Å². The summed E-state index contributed by atoms with van der Waals surface area (Å²) < 4.78 is 6.88. The lowest BCUT2D eigenvalue weighted by Crippen LogP contribution is -2.25. The minimum Gasteiger partial charge on any atom is -0.352 e. The molecule has 3 aromatic heterocycles. The molecule has 120 valence electrons. The lowest BCUT2D eigenvalue weighted by molar-refractivity contribution is 0.0954. The van der Waals surface area contributed by atoms with E-state index in [0.29, 0.717) is 28.9 Å². The molecule has 0 unspecified atom stereocenters. The zero-order valence-corrected chi connectivity index (χ0v) is 13.3. The Morgan fingerprint density at radius 1 is 1.39 bits per heavy atom. The van der Waals surface area contributed by atoms with Crippen molar-refractivity contribution < 1.29 is 9.32 Å². The highest BCUT2D eigenvalue weighted by Crippen LogP contribution is 2.21. The van der Waals surface area contributed by atoms with Gasteiger partial charge in [-0.1, -0.05) is 5.16 Å². The van der Waals surface area contributed by atoms with Crippen molar-refractivity contribution in [2.75, 3.05) is 6.54 Å². The number of amides is 1. The average Bonchev–Trinajstić information content (AvgIpc) is 3.09. The quantitative estimate of drug-likeness (QED) is 0.713. The average molecular weight is 314 g/mol. The molecule has 0 aromatic carbocycles. The van der Waals surface area contributed by atoms with Gasteiger partial charge in [0.05, 0.1) is 16.6 Å². The zero-order chi connectivity index (χ0) is 16.4. The third-order valence-electron chi connectivity index (χ3n) is 3.66. The second-order valence-electron chi connectivity index (χ2n) is 5.42. The van der Waals surface area contributed by atoms with Crippen LogP contribution in [0.2, 0.25) is 0 Å². The number of hydrogen-bond donors (Lipinski definition) is 1. The van der Waals surface area contributed by atoms with Gasteiger partial charge in [0, 0.05) is 25.7 Å². The van der Waals surface area contributed by atoms with Crippen molar-refractivity contribution in [1.29, 1.82) is 0 Å². The van der Waals surface area contributed by atoms with Gasteiger partial charge in [0.2, 0.25) is 0 Å². The molecule has 0 saturated heterocycles. The van der Waals surface area contributed by atoms with E-state index in [0.717, 1.165) is 24.4 Å². The standard InChI is InChI=1S/C15H18N6O2/c1-9-7-11(13-10(2)20-23-15(13)19-9)14(22)16-6-4-5-12-17-8-18-21(12)3/h7-8H,4-6H2,1-3H3,(H,16,22). The molecule has 1 amide bonds. The molecular formula is C15H18N6O2. The second kappa shape index (κ2) is 6.15. The maximum atomic E-state index is 12.4. The third-order valence-corrected chi connectivity index (χ3v) is 3.66. The van der Waals surface area contributed by atoms with Crippen LogP contribution in [0.15, 0.2) is 16.9 Å². The normalized spacial score (nSPS) is 11.1. The fraction of sp³-hybridized carbons (Fsp3) is 0.400. The van der Waals surface area contributed by atoms with Crippen LogP contribution in [-0.2, 0) is 13.5 Å². The van der Waals surface area contributed by atoms with Gasteiger partial charge < -0.3 is 9.84 Å². The first-order valence-electron chi connectivity index (χ1n) is 7.41. The molecule has 0 aliphatic carbocycles. The smallest absolute Gasteiger partial charge is 0.258 e. The molecule has 0 aliphatic rings. The topological polar surface area (TPSA) is 98.7 Å². The molecule has 0 bridgehead atoms. The van der Waals surface area contributed by atoms with Crippen LogP contribution in [0.25, 0.3) is 11.1 Å². The summed E-state index contributed by atoms with van der Waals surface area (Å²) in [6.07, 6.45) is 3.07. The number of fused-ring (bicyclic) bond motifs is 1. The van der Waals surface area contributed by atoms with Gasteiger partial charge in [-0.15, -0.1) is 0 Å². The number of nitrogens with zero attached hydrogens (tertiary/aromatic N) is 5. The van der Waals surface area contributed by atoms with Crippen molar-refractivity contribution in [1.82, 2.24) is 30.2 Å². The minimum absolute atomic E-state index is 0.148. The molecule has 23 heavy (non-hydrogen) atoms. The first-order chi connectivity index (χ1) is 11.1. The van der Waals surface area contributed by atoms with Crippen LogP contribution in [0.1, 0.15) is 34.0 Å². The van der Waals surface area contributed by atoms with Gasteiger partial charge in [-0.2, -0.15) is 5.10 Å².